The van der Waals surface area contributed by atoms with Crippen LogP contribution in [0.2, 0.25) is 0 Å². The lowest BCUT2D eigenvalue weighted by atomic mass is 10.2. The van der Waals surface area contributed by atoms with Gasteiger partial charge in [0.25, 0.3) is 0 Å². The average Bonchev–Trinajstić information content (AvgIpc) is 2.31. The molecule has 3 N–H and O–H groups in total. The van der Waals surface area contributed by atoms with Crippen molar-refractivity contribution < 1.29 is 4.79 Å². The number of carbonyl (C=O) groups excluding carboxylic acids is 1. The molecule has 0 spiro atoms. The molecule has 1 unspecified atom stereocenters. The van der Waals surface area contributed by atoms with Crippen molar-refractivity contribution in [2.75, 3.05) is 26.2 Å². The summed E-state index contributed by atoms with van der Waals surface area (Å²) in [7, 11) is 0. The van der Waals surface area contributed by atoms with E-state index in [1.807, 2.05) is 0 Å². The van der Waals surface area contributed by atoms with Crippen molar-refractivity contribution in [2.24, 2.45) is 0 Å². The van der Waals surface area contributed by atoms with E-state index in [-0.39, 0.29) is 0 Å². The molecule has 0 saturated heterocycles. The first-order valence-corrected chi connectivity index (χ1v) is 6.42. The number of hydrogen-bond donors (Lipinski definition) is 3. The number of amides is 1. The fourth-order valence-corrected chi connectivity index (χ4v) is 1.37. The Morgan fingerprint density at radius 1 is 1.06 bits per heavy atom. The normalized spacial score (nSPS) is 12.4. The van der Waals surface area contributed by atoms with E-state index in [2.05, 4.69) is 29.8 Å². The molecule has 96 valence electrons. The summed E-state index contributed by atoms with van der Waals surface area (Å²) in [5.74, 6) is 0. The van der Waals surface area contributed by atoms with Gasteiger partial charge in [0.05, 0.1) is 0 Å². The van der Waals surface area contributed by atoms with Crippen molar-refractivity contribution in [3.8, 4) is 0 Å². The lowest BCUT2D eigenvalue weighted by Gasteiger charge is -2.10. The van der Waals surface area contributed by atoms with E-state index in [0.29, 0.717) is 6.04 Å². The summed E-state index contributed by atoms with van der Waals surface area (Å²) < 4.78 is 0. The standard InChI is InChI=1S/C12H27N3O/c1-3-12(2)15-10-5-4-7-13-8-6-9-14-11-16/h11-13,15H,3-10H2,1-2H3,(H,14,16). The Balaban J connectivity index is 2.96. The van der Waals surface area contributed by atoms with Gasteiger partial charge >= 0.3 is 0 Å². The monoisotopic (exact) mass is 229 g/mol. The molecule has 0 fully saturated rings. The quantitative estimate of drug-likeness (QED) is 0.344. The van der Waals surface area contributed by atoms with Crippen LogP contribution < -0.4 is 16.0 Å². The van der Waals surface area contributed by atoms with Crippen LogP contribution in [-0.4, -0.2) is 38.6 Å². The van der Waals surface area contributed by atoms with Gasteiger partial charge in [0.2, 0.25) is 6.41 Å². The van der Waals surface area contributed by atoms with Gasteiger partial charge in [-0.05, 0) is 52.2 Å². The topological polar surface area (TPSA) is 53.2 Å². The highest BCUT2D eigenvalue weighted by Gasteiger charge is 1.95. The lowest BCUT2D eigenvalue weighted by molar-refractivity contribution is -0.109. The second-order valence-electron chi connectivity index (χ2n) is 4.15. The second kappa shape index (κ2) is 12.5. The Bertz CT molecular complexity index is 153. The first-order valence-electron chi connectivity index (χ1n) is 6.42. The van der Waals surface area contributed by atoms with Crippen LogP contribution in [-0.2, 0) is 4.79 Å². The molecule has 4 heteroatoms. The molecule has 0 aromatic carbocycles. The maximum atomic E-state index is 9.95. The van der Waals surface area contributed by atoms with Crippen LogP contribution >= 0.6 is 0 Å². The molecule has 0 rings (SSSR count). The van der Waals surface area contributed by atoms with E-state index in [0.717, 1.165) is 39.0 Å². The Labute approximate surface area is 99.6 Å². The summed E-state index contributed by atoms with van der Waals surface area (Å²) >= 11 is 0. The molecule has 1 atom stereocenters. The molecule has 0 radical (unpaired) electrons. The van der Waals surface area contributed by atoms with Crippen LogP contribution in [0.1, 0.15) is 39.5 Å². The number of rotatable bonds is 12. The largest absolute Gasteiger partial charge is 0.359 e. The van der Waals surface area contributed by atoms with E-state index < -0.39 is 0 Å². The molecular weight excluding hydrogens is 202 g/mol. The molecule has 0 bridgehead atoms. The summed E-state index contributed by atoms with van der Waals surface area (Å²) in [5.41, 5.74) is 0. The number of nitrogens with one attached hydrogen (secondary N) is 3. The Morgan fingerprint density at radius 3 is 2.44 bits per heavy atom. The third-order valence-corrected chi connectivity index (χ3v) is 2.64. The minimum Gasteiger partial charge on any atom is -0.359 e. The molecule has 0 aromatic heterocycles. The van der Waals surface area contributed by atoms with Crippen molar-refractivity contribution in [1.29, 1.82) is 0 Å². The Morgan fingerprint density at radius 2 is 1.75 bits per heavy atom. The molecule has 0 aliphatic heterocycles. The van der Waals surface area contributed by atoms with E-state index in [9.17, 15) is 4.79 Å². The molecule has 0 aliphatic rings. The predicted octanol–water partition coefficient (Wildman–Crippen LogP) is 0.880. The van der Waals surface area contributed by atoms with Crippen LogP contribution in [0.5, 0.6) is 0 Å². The SMILES string of the molecule is CCC(C)NCCCCNCCCNC=O. The zero-order valence-corrected chi connectivity index (χ0v) is 10.7. The Kier molecular flexibility index (Phi) is 12.0. The fourth-order valence-electron chi connectivity index (χ4n) is 1.37. The third kappa shape index (κ3) is 11.5. The zero-order valence-electron chi connectivity index (χ0n) is 10.7. The van der Waals surface area contributed by atoms with Gasteiger partial charge in [-0.1, -0.05) is 6.92 Å². The summed E-state index contributed by atoms with van der Waals surface area (Å²) in [6, 6.07) is 0.641. The van der Waals surface area contributed by atoms with Gasteiger partial charge in [-0.25, -0.2) is 0 Å². The van der Waals surface area contributed by atoms with Crippen LogP contribution in [0.15, 0.2) is 0 Å². The fraction of sp³-hybridized carbons (Fsp3) is 0.917. The zero-order chi connectivity index (χ0) is 12.1. The minimum atomic E-state index is 0.641. The highest BCUT2D eigenvalue weighted by atomic mass is 16.1. The summed E-state index contributed by atoms with van der Waals surface area (Å²) in [6.07, 6.45) is 5.39. The number of hydrogen-bond acceptors (Lipinski definition) is 3. The molecule has 0 aliphatic carbocycles. The van der Waals surface area contributed by atoms with Gasteiger partial charge in [-0.2, -0.15) is 0 Å². The summed E-state index contributed by atoms with van der Waals surface area (Å²) in [5, 5.41) is 9.48. The summed E-state index contributed by atoms with van der Waals surface area (Å²) in [6.45, 7) is 8.36. The van der Waals surface area contributed by atoms with Gasteiger partial charge in [0, 0.05) is 12.6 Å². The molecule has 0 saturated carbocycles. The summed E-state index contributed by atoms with van der Waals surface area (Å²) in [4.78, 5) is 9.95. The minimum absolute atomic E-state index is 0.641. The van der Waals surface area contributed by atoms with Crippen LogP contribution in [0.25, 0.3) is 0 Å². The van der Waals surface area contributed by atoms with Crippen molar-refractivity contribution in [3.05, 3.63) is 0 Å². The molecule has 0 heterocycles. The van der Waals surface area contributed by atoms with Gasteiger partial charge in [-0.3, -0.25) is 4.79 Å². The van der Waals surface area contributed by atoms with E-state index in [4.69, 9.17) is 0 Å². The van der Waals surface area contributed by atoms with Crippen LogP contribution in [0, 0.1) is 0 Å². The van der Waals surface area contributed by atoms with Gasteiger partial charge < -0.3 is 16.0 Å². The molecule has 4 nitrogen and oxygen atoms in total. The van der Waals surface area contributed by atoms with E-state index in [1.165, 1.54) is 19.3 Å². The predicted molar refractivity (Wildman–Crippen MR) is 68.5 cm³/mol. The first-order chi connectivity index (χ1) is 7.81. The molecule has 16 heavy (non-hydrogen) atoms. The van der Waals surface area contributed by atoms with E-state index >= 15 is 0 Å². The number of carbonyl (C=O) groups is 1. The average molecular weight is 229 g/mol. The first kappa shape index (κ1) is 15.4. The van der Waals surface area contributed by atoms with Gasteiger partial charge in [-0.15, -0.1) is 0 Å². The molecule has 1 amide bonds. The van der Waals surface area contributed by atoms with Crippen LogP contribution in [0.3, 0.4) is 0 Å². The maximum Gasteiger partial charge on any atom is 0.207 e. The van der Waals surface area contributed by atoms with Gasteiger partial charge in [0.15, 0.2) is 0 Å². The maximum absolute atomic E-state index is 9.95. The van der Waals surface area contributed by atoms with Crippen molar-refractivity contribution >= 4 is 6.41 Å². The highest BCUT2D eigenvalue weighted by Crippen LogP contribution is 1.90. The van der Waals surface area contributed by atoms with Crippen molar-refractivity contribution in [3.63, 3.8) is 0 Å². The second-order valence-corrected chi connectivity index (χ2v) is 4.15. The Hall–Kier alpha value is -0.610. The lowest BCUT2D eigenvalue weighted by Crippen LogP contribution is -2.27. The van der Waals surface area contributed by atoms with Crippen LogP contribution in [0.4, 0.5) is 0 Å². The van der Waals surface area contributed by atoms with E-state index in [1.54, 1.807) is 0 Å². The van der Waals surface area contributed by atoms with Crippen molar-refractivity contribution in [2.45, 2.75) is 45.6 Å². The molecular formula is C12H27N3O. The number of unbranched alkanes of at least 4 members (excludes halogenated alkanes) is 1. The molecule has 0 aromatic rings. The third-order valence-electron chi connectivity index (χ3n) is 2.64. The highest BCUT2D eigenvalue weighted by molar-refractivity contribution is 5.45. The van der Waals surface area contributed by atoms with Gasteiger partial charge in [0.1, 0.15) is 0 Å². The van der Waals surface area contributed by atoms with Crippen molar-refractivity contribution in [1.82, 2.24) is 16.0 Å². The smallest absolute Gasteiger partial charge is 0.207 e.